The Hall–Kier alpha value is -0.860. The third-order valence-corrected chi connectivity index (χ3v) is 2.62. The summed E-state index contributed by atoms with van der Waals surface area (Å²) in [5.74, 6) is 0. The molecule has 1 heterocycles. The molecule has 0 saturated heterocycles. The number of fused-ring (bicyclic) bond motifs is 1. The Morgan fingerprint density at radius 1 is 1.38 bits per heavy atom. The van der Waals surface area contributed by atoms with Crippen LogP contribution in [0.15, 0.2) is 18.2 Å². The summed E-state index contributed by atoms with van der Waals surface area (Å²) < 4.78 is 0. The Morgan fingerprint density at radius 2 is 2.23 bits per heavy atom. The zero-order valence-corrected chi connectivity index (χ0v) is 7.95. The molecule has 0 unspecified atom stereocenters. The van der Waals surface area contributed by atoms with Gasteiger partial charge in [-0.15, -0.1) is 0 Å². The van der Waals surface area contributed by atoms with Gasteiger partial charge < -0.3 is 5.11 Å². The van der Waals surface area contributed by atoms with Gasteiger partial charge >= 0.3 is 0 Å². The van der Waals surface area contributed by atoms with Gasteiger partial charge in [0.15, 0.2) is 0 Å². The molecule has 2 nitrogen and oxygen atoms in total. The van der Waals surface area contributed by atoms with E-state index in [2.05, 4.69) is 30.1 Å². The van der Waals surface area contributed by atoms with Crippen LogP contribution in [0.25, 0.3) is 0 Å². The maximum atomic E-state index is 8.90. The van der Waals surface area contributed by atoms with Gasteiger partial charge in [0, 0.05) is 19.7 Å². The van der Waals surface area contributed by atoms with Crippen molar-refractivity contribution in [3.63, 3.8) is 0 Å². The van der Waals surface area contributed by atoms with E-state index in [1.807, 2.05) is 0 Å². The molecule has 2 heteroatoms. The highest BCUT2D eigenvalue weighted by Crippen LogP contribution is 2.24. The van der Waals surface area contributed by atoms with Crippen LogP contribution in [0.1, 0.15) is 16.7 Å². The highest BCUT2D eigenvalue weighted by molar-refractivity contribution is 5.37. The van der Waals surface area contributed by atoms with Gasteiger partial charge in [-0.05, 0) is 30.2 Å². The van der Waals surface area contributed by atoms with Gasteiger partial charge in [-0.1, -0.05) is 18.2 Å². The van der Waals surface area contributed by atoms with Crippen molar-refractivity contribution in [2.24, 2.45) is 0 Å². The third kappa shape index (κ3) is 1.60. The fourth-order valence-corrected chi connectivity index (χ4v) is 2.01. The number of rotatable bonds is 2. The van der Waals surface area contributed by atoms with E-state index in [0.717, 1.165) is 19.5 Å². The van der Waals surface area contributed by atoms with Crippen molar-refractivity contribution in [3.8, 4) is 0 Å². The lowest BCUT2D eigenvalue weighted by Gasteiger charge is -2.06. The largest absolute Gasteiger partial charge is 0.396 e. The second-order valence-corrected chi connectivity index (χ2v) is 3.70. The number of aliphatic hydroxyl groups excluding tert-OH is 1. The van der Waals surface area contributed by atoms with Crippen LogP contribution in [0.2, 0.25) is 0 Å². The Balaban J connectivity index is 2.34. The van der Waals surface area contributed by atoms with E-state index in [9.17, 15) is 0 Å². The molecular formula is C11H15NO. The molecule has 0 fully saturated rings. The summed E-state index contributed by atoms with van der Waals surface area (Å²) in [6, 6.07) is 6.39. The summed E-state index contributed by atoms with van der Waals surface area (Å²) in [6.45, 7) is 2.33. The standard InChI is InChI=1S/C11H15NO/c1-12-7-10-4-2-3-9(5-6-13)11(10)8-12/h2-4,13H,5-8H2,1H3. The predicted molar refractivity (Wildman–Crippen MR) is 52.4 cm³/mol. The van der Waals surface area contributed by atoms with Crippen LogP contribution in [-0.2, 0) is 19.5 Å². The number of benzene rings is 1. The van der Waals surface area contributed by atoms with E-state index in [4.69, 9.17) is 5.11 Å². The molecule has 1 aromatic rings. The molecule has 0 aromatic heterocycles. The highest BCUT2D eigenvalue weighted by atomic mass is 16.2. The first-order valence-electron chi connectivity index (χ1n) is 4.70. The van der Waals surface area contributed by atoms with Crippen LogP contribution in [0.5, 0.6) is 0 Å². The van der Waals surface area contributed by atoms with E-state index in [-0.39, 0.29) is 6.61 Å². The van der Waals surface area contributed by atoms with Crippen molar-refractivity contribution in [3.05, 3.63) is 34.9 Å². The zero-order chi connectivity index (χ0) is 9.26. The van der Waals surface area contributed by atoms with Crippen molar-refractivity contribution in [1.82, 2.24) is 4.90 Å². The molecule has 1 N–H and O–H groups in total. The fourth-order valence-electron chi connectivity index (χ4n) is 2.01. The molecule has 70 valence electrons. The Labute approximate surface area is 78.8 Å². The monoisotopic (exact) mass is 177 g/mol. The number of hydrogen-bond donors (Lipinski definition) is 1. The highest BCUT2D eigenvalue weighted by Gasteiger charge is 2.17. The second-order valence-electron chi connectivity index (χ2n) is 3.70. The lowest BCUT2D eigenvalue weighted by Crippen LogP contribution is -2.08. The lowest BCUT2D eigenvalue weighted by molar-refractivity contribution is 0.298. The molecular weight excluding hydrogens is 162 g/mol. The fraction of sp³-hybridized carbons (Fsp3) is 0.455. The topological polar surface area (TPSA) is 23.5 Å². The van der Waals surface area contributed by atoms with Gasteiger partial charge in [-0.25, -0.2) is 0 Å². The van der Waals surface area contributed by atoms with Crippen molar-refractivity contribution < 1.29 is 5.11 Å². The predicted octanol–water partition coefficient (Wildman–Crippen LogP) is 1.17. The number of hydrogen-bond acceptors (Lipinski definition) is 2. The molecule has 2 rings (SSSR count). The van der Waals surface area contributed by atoms with Crippen molar-refractivity contribution in [2.75, 3.05) is 13.7 Å². The minimum absolute atomic E-state index is 0.250. The first kappa shape index (κ1) is 8.73. The maximum absolute atomic E-state index is 8.90. The van der Waals surface area contributed by atoms with Crippen molar-refractivity contribution in [1.29, 1.82) is 0 Å². The van der Waals surface area contributed by atoms with E-state index < -0.39 is 0 Å². The molecule has 0 aliphatic carbocycles. The lowest BCUT2D eigenvalue weighted by atomic mass is 10.0. The van der Waals surface area contributed by atoms with Gasteiger partial charge in [-0.2, -0.15) is 0 Å². The van der Waals surface area contributed by atoms with E-state index in [1.165, 1.54) is 16.7 Å². The zero-order valence-electron chi connectivity index (χ0n) is 7.95. The maximum Gasteiger partial charge on any atom is 0.0471 e. The third-order valence-electron chi connectivity index (χ3n) is 2.62. The van der Waals surface area contributed by atoms with Crippen molar-refractivity contribution >= 4 is 0 Å². The molecule has 1 aromatic carbocycles. The molecule has 1 aliphatic heterocycles. The first-order chi connectivity index (χ1) is 6.31. The molecule has 1 aliphatic rings. The molecule has 0 spiro atoms. The number of aliphatic hydroxyl groups is 1. The SMILES string of the molecule is CN1Cc2cccc(CCO)c2C1. The molecule has 0 radical (unpaired) electrons. The van der Waals surface area contributed by atoms with Crippen LogP contribution in [-0.4, -0.2) is 23.7 Å². The van der Waals surface area contributed by atoms with Gasteiger partial charge in [0.2, 0.25) is 0 Å². The summed E-state index contributed by atoms with van der Waals surface area (Å²) in [4.78, 5) is 2.30. The normalized spacial score (nSPS) is 16.2. The van der Waals surface area contributed by atoms with E-state index >= 15 is 0 Å². The van der Waals surface area contributed by atoms with Gasteiger partial charge in [0.1, 0.15) is 0 Å². The number of nitrogens with zero attached hydrogens (tertiary/aromatic N) is 1. The second kappa shape index (κ2) is 3.48. The van der Waals surface area contributed by atoms with Crippen LogP contribution in [0.4, 0.5) is 0 Å². The minimum Gasteiger partial charge on any atom is -0.396 e. The van der Waals surface area contributed by atoms with Gasteiger partial charge in [-0.3, -0.25) is 4.90 Å². The smallest absolute Gasteiger partial charge is 0.0471 e. The van der Waals surface area contributed by atoms with Crippen LogP contribution < -0.4 is 0 Å². The molecule has 0 bridgehead atoms. The Morgan fingerprint density at radius 3 is 3.00 bits per heavy atom. The summed E-state index contributed by atoms with van der Waals surface area (Å²) in [7, 11) is 2.13. The summed E-state index contributed by atoms with van der Waals surface area (Å²) >= 11 is 0. The first-order valence-corrected chi connectivity index (χ1v) is 4.70. The van der Waals surface area contributed by atoms with Crippen LogP contribution in [0, 0.1) is 0 Å². The quantitative estimate of drug-likeness (QED) is 0.733. The average Bonchev–Trinajstić information content (AvgIpc) is 2.47. The summed E-state index contributed by atoms with van der Waals surface area (Å²) in [5, 5.41) is 8.90. The molecule has 0 saturated carbocycles. The average molecular weight is 177 g/mol. The molecule has 0 amide bonds. The van der Waals surface area contributed by atoms with E-state index in [1.54, 1.807) is 0 Å². The van der Waals surface area contributed by atoms with Gasteiger partial charge in [0.05, 0.1) is 0 Å². The summed E-state index contributed by atoms with van der Waals surface area (Å²) in [5.41, 5.74) is 4.16. The van der Waals surface area contributed by atoms with Crippen LogP contribution >= 0.6 is 0 Å². The van der Waals surface area contributed by atoms with Gasteiger partial charge in [0.25, 0.3) is 0 Å². The Kier molecular flexibility index (Phi) is 2.34. The van der Waals surface area contributed by atoms with Crippen LogP contribution in [0.3, 0.4) is 0 Å². The summed E-state index contributed by atoms with van der Waals surface area (Å²) in [6.07, 6.45) is 0.789. The minimum atomic E-state index is 0.250. The Bertz CT molecular complexity index is 309. The molecule has 0 atom stereocenters. The molecule has 13 heavy (non-hydrogen) atoms. The van der Waals surface area contributed by atoms with Crippen molar-refractivity contribution in [2.45, 2.75) is 19.5 Å². The van der Waals surface area contributed by atoms with E-state index in [0.29, 0.717) is 0 Å².